The zero-order chi connectivity index (χ0) is 10.7. The van der Waals surface area contributed by atoms with Crippen LogP contribution in [0.15, 0.2) is 0 Å². The highest BCUT2D eigenvalue weighted by atomic mass is 16.7. The summed E-state index contributed by atoms with van der Waals surface area (Å²) in [5, 5.41) is 8.60. The molecule has 3 atom stereocenters. The quantitative estimate of drug-likeness (QED) is 0.755. The zero-order valence-corrected chi connectivity index (χ0v) is 8.55. The molecule has 2 aliphatic heterocycles. The second kappa shape index (κ2) is 4.92. The molecule has 1 N–H and O–H groups in total. The highest BCUT2D eigenvalue weighted by molar-refractivity contribution is 5.67. The third-order valence-corrected chi connectivity index (χ3v) is 2.69. The normalized spacial score (nSPS) is 36.7. The van der Waals surface area contributed by atoms with Crippen molar-refractivity contribution in [2.45, 2.75) is 44.2 Å². The molecule has 0 amide bonds. The molecule has 0 saturated carbocycles. The zero-order valence-electron chi connectivity index (χ0n) is 8.55. The summed E-state index contributed by atoms with van der Waals surface area (Å²) >= 11 is 0. The van der Waals surface area contributed by atoms with Crippen molar-refractivity contribution in [2.75, 3.05) is 13.2 Å². The Labute approximate surface area is 88.3 Å². The summed E-state index contributed by atoms with van der Waals surface area (Å²) in [6.45, 7) is 1.11. The van der Waals surface area contributed by atoms with E-state index in [0.29, 0.717) is 6.61 Å². The first kappa shape index (κ1) is 10.9. The van der Waals surface area contributed by atoms with Crippen LogP contribution in [0.25, 0.3) is 0 Å². The second-order valence-corrected chi connectivity index (χ2v) is 3.96. The number of rotatable bonds is 3. The molecule has 3 unspecified atom stereocenters. The van der Waals surface area contributed by atoms with Gasteiger partial charge in [-0.15, -0.1) is 0 Å². The summed E-state index contributed by atoms with van der Waals surface area (Å²) in [4.78, 5) is 10.5. The van der Waals surface area contributed by atoms with Crippen LogP contribution in [-0.2, 0) is 19.0 Å². The topological polar surface area (TPSA) is 65.0 Å². The molecular weight excluding hydrogens is 200 g/mol. The maximum absolute atomic E-state index is 10.5. The Morgan fingerprint density at radius 1 is 1.33 bits per heavy atom. The standard InChI is InChI=1S/C10H16O5/c11-9(12)5-7-6-14-10(15-7)8-3-1-2-4-13-8/h7-8,10H,1-6H2,(H,11,12). The Morgan fingerprint density at radius 2 is 2.20 bits per heavy atom. The fourth-order valence-corrected chi connectivity index (χ4v) is 1.95. The number of ether oxygens (including phenoxy) is 3. The summed E-state index contributed by atoms with van der Waals surface area (Å²) in [5.41, 5.74) is 0. The Kier molecular flexibility index (Phi) is 3.56. The predicted molar refractivity (Wildman–Crippen MR) is 50.5 cm³/mol. The maximum Gasteiger partial charge on any atom is 0.306 e. The molecule has 2 saturated heterocycles. The fourth-order valence-electron chi connectivity index (χ4n) is 1.95. The van der Waals surface area contributed by atoms with E-state index in [-0.39, 0.29) is 24.9 Å². The molecule has 2 heterocycles. The number of aliphatic carboxylic acids is 1. The van der Waals surface area contributed by atoms with Gasteiger partial charge in [0, 0.05) is 6.61 Å². The Morgan fingerprint density at radius 3 is 2.87 bits per heavy atom. The van der Waals surface area contributed by atoms with E-state index in [2.05, 4.69) is 0 Å². The van der Waals surface area contributed by atoms with E-state index in [0.717, 1.165) is 25.9 Å². The summed E-state index contributed by atoms with van der Waals surface area (Å²) < 4.78 is 16.4. The van der Waals surface area contributed by atoms with Crippen LogP contribution < -0.4 is 0 Å². The van der Waals surface area contributed by atoms with Gasteiger partial charge in [-0.05, 0) is 19.3 Å². The van der Waals surface area contributed by atoms with Crippen molar-refractivity contribution in [1.29, 1.82) is 0 Å². The van der Waals surface area contributed by atoms with Gasteiger partial charge in [-0.25, -0.2) is 0 Å². The van der Waals surface area contributed by atoms with E-state index in [1.54, 1.807) is 0 Å². The first-order valence-electron chi connectivity index (χ1n) is 5.36. The highest BCUT2D eigenvalue weighted by Crippen LogP contribution is 2.24. The van der Waals surface area contributed by atoms with Crippen LogP contribution in [0.4, 0.5) is 0 Å². The van der Waals surface area contributed by atoms with Gasteiger partial charge in [0.05, 0.1) is 19.1 Å². The van der Waals surface area contributed by atoms with Crippen LogP contribution in [0, 0.1) is 0 Å². The van der Waals surface area contributed by atoms with E-state index < -0.39 is 5.97 Å². The maximum atomic E-state index is 10.5. The minimum absolute atomic E-state index is 0.00319. The fraction of sp³-hybridized carbons (Fsp3) is 0.900. The van der Waals surface area contributed by atoms with Gasteiger partial charge in [0.1, 0.15) is 6.10 Å². The molecule has 5 nitrogen and oxygen atoms in total. The van der Waals surface area contributed by atoms with Crippen molar-refractivity contribution in [3.8, 4) is 0 Å². The third-order valence-electron chi connectivity index (χ3n) is 2.69. The third kappa shape index (κ3) is 2.90. The van der Waals surface area contributed by atoms with Gasteiger partial charge in [0.25, 0.3) is 0 Å². The van der Waals surface area contributed by atoms with Crippen molar-refractivity contribution < 1.29 is 24.1 Å². The van der Waals surface area contributed by atoms with Crippen molar-refractivity contribution in [2.24, 2.45) is 0 Å². The van der Waals surface area contributed by atoms with Gasteiger partial charge >= 0.3 is 5.97 Å². The Hall–Kier alpha value is -0.650. The smallest absolute Gasteiger partial charge is 0.306 e. The van der Waals surface area contributed by atoms with Crippen molar-refractivity contribution in [3.63, 3.8) is 0 Å². The van der Waals surface area contributed by atoms with Gasteiger partial charge in [0.2, 0.25) is 0 Å². The Bertz CT molecular complexity index is 224. The summed E-state index contributed by atoms with van der Waals surface area (Å²) in [5.74, 6) is -0.853. The molecule has 15 heavy (non-hydrogen) atoms. The lowest BCUT2D eigenvalue weighted by molar-refractivity contribution is -0.166. The molecule has 0 radical (unpaired) electrons. The van der Waals surface area contributed by atoms with Gasteiger partial charge in [-0.3, -0.25) is 4.79 Å². The van der Waals surface area contributed by atoms with Crippen LogP contribution in [0.3, 0.4) is 0 Å². The molecule has 2 aliphatic rings. The molecule has 0 aromatic heterocycles. The lowest BCUT2D eigenvalue weighted by atomic mass is 10.1. The molecule has 0 aromatic rings. The average Bonchev–Trinajstić information content (AvgIpc) is 2.67. The number of carbonyl (C=O) groups is 1. The summed E-state index contributed by atoms with van der Waals surface area (Å²) in [6.07, 6.45) is 2.44. The SMILES string of the molecule is O=C(O)CC1COC(C2CCCCO2)O1. The minimum atomic E-state index is -0.853. The lowest BCUT2D eigenvalue weighted by Gasteiger charge is -2.26. The highest BCUT2D eigenvalue weighted by Gasteiger charge is 2.34. The molecule has 86 valence electrons. The van der Waals surface area contributed by atoms with Crippen LogP contribution in [-0.4, -0.2) is 42.8 Å². The van der Waals surface area contributed by atoms with Crippen LogP contribution >= 0.6 is 0 Å². The predicted octanol–water partition coefficient (Wildman–Crippen LogP) is 0.772. The summed E-state index contributed by atoms with van der Waals surface area (Å²) in [7, 11) is 0. The van der Waals surface area contributed by atoms with E-state index in [4.69, 9.17) is 19.3 Å². The molecule has 0 bridgehead atoms. The van der Waals surface area contributed by atoms with E-state index >= 15 is 0 Å². The van der Waals surface area contributed by atoms with Crippen LogP contribution in [0.2, 0.25) is 0 Å². The number of carboxylic acid groups (broad SMARTS) is 1. The van der Waals surface area contributed by atoms with Crippen molar-refractivity contribution in [3.05, 3.63) is 0 Å². The number of carboxylic acids is 1. The average molecular weight is 216 g/mol. The van der Waals surface area contributed by atoms with Crippen molar-refractivity contribution in [1.82, 2.24) is 0 Å². The number of hydrogen-bond acceptors (Lipinski definition) is 4. The monoisotopic (exact) mass is 216 g/mol. The van der Waals surface area contributed by atoms with Crippen LogP contribution in [0.5, 0.6) is 0 Å². The number of hydrogen-bond donors (Lipinski definition) is 1. The lowest BCUT2D eigenvalue weighted by Crippen LogP contribution is -2.33. The van der Waals surface area contributed by atoms with Crippen LogP contribution in [0.1, 0.15) is 25.7 Å². The van der Waals surface area contributed by atoms with Gasteiger partial charge in [-0.1, -0.05) is 0 Å². The molecule has 2 rings (SSSR count). The molecule has 0 aliphatic carbocycles. The van der Waals surface area contributed by atoms with E-state index in [1.165, 1.54) is 0 Å². The Balaban J connectivity index is 1.78. The van der Waals surface area contributed by atoms with Gasteiger partial charge in [0.15, 0.2) is 6.29 Å². The van der Waals surface area contributed by atoms with E-state index in [9.17, 15) is 4.79 Å². The van der Waals surface area contributed by atoms with Gasteiger partial charge < -0.3 is 19.3 Å². The summed E-state index contributed by atoms with van der Waals surface area (Å²) in [6, 6.07) is 0. The molecular formula is C10H16O5. The second-order valence-electron chi connectivity index (χ2n) is 3.96. The van der Waals surface area contributed by atoms with E-state index in [1.807, 2.05) is 0 Å². The molecule has 2 fully saturated rings. The first-order chi connectivity index (χ1) is 7.25. The van der Waals surface area contributed by atoms with Crippen molar-refractivity contribution >= 4 is 5.97 Å². The largest absolute Gasteiger partial charge is 0.481 e. The molecule has 0 spiro atoms. The molecule has 0 aromatic carbocycles. The van der Waals surface area contributed by atoms with Gasteiger partial charge in [-0.2, -0.15) is 0 Å². The minimum Gasteiger partial charge on any atom is -0.481 e. The first-order valence-corrected chi connectivity index (χ1v) is 5.36. The molecule has 5 heteroatoms.